The van der Waals surface area contributed by atoms with Crippen molar-refractivity contribution in [3.63, 3.8) is 0 Å². The summed E-state index contributed by atoms with van der Waals surface area (Å²) in [5.74, 6) is 1.25. The zero-order valence-electron chi connectivity index (χ0n) is 21.3. The number of fused-ring (bicyclic) bond motifs is 6. The summed E-state index contributed by atoms with van der Waals surface area (Å²) in [4.78, 5) is 21.4. The molecule has 2 saturated heterocycles. The van der Waals surface area contributed by atoms with Crippen LogP contribution in [0.2, 0.25) is 0 Å². The molecular formula is C30H32N6O2. The largest absolute Gasteiger partial charge is 0.423 e. The van der Waals surface area contributed by atoms with Crippen molar-refractivity contribution in [3.05, 3.63) is 65.9 Å². The molecule has 4 aliphatic rings. The molecule has 6 atom stereocenters. The van der Waals surface area contributed by atoms with Crippen LogP contribution in [0, 0.1) is 23.2 Å². The highest BCUT2D eigenvalue weighted by Gasteiger charge is 2.57. The third-order valence-corrected chi connectivity index (χ3v) is 9.31. The molecule has 7 rings (SSSR count). The second-order valence-electron chi connectivity index (χ2n) is 11.3. The summed E-state index contributed by atoms with van der Waals surface area (Å²) in [6, 6.07) is 19.8. The second-order valence-corrected chi connectivity index (χ2v) is 11.3. The number of carbonyl (C=O) groups is 1. The molecule has 0 spiro atoms. The van der Waals surface area contributed by atoms with Crippen molar-refractivity contribution in [2.75, 3.05) is 22.9 Å². The van der Waals surface area contributed by atoms with Crippen LogP contribution in [0.1, 0.15) is 48.0 Å². The summed E-state index contributed by atoms with van der Waals surface area (Å²) in [7, 11) is 0. The minimum absolute atomic E-state index is 0.366. The summed E-state index contributed by atoms with van der Waals surface area (Å²) in [5.41, 5.74) is 8.69. The zero-order chi connectivity index (χ0) is 25.8. The first-order chi connectivity index (χ1) is 18.6. The van der Waals surface area contributed by atoms with E-state index in [1.165, 1.54) is 24.9 Å². The number of nitriles is 1. The molecule has 38 heavy (non-hydrogen) atoms. The van der Waals surface area contributed by atoms with Gasteiger partial charge in [0.25, 0.3) is 6.01 Å². The molecule has 4 fully saturated rings. The van der Waals surface area contributed by atoms with Crippen LogP contribution in [0.5, 0.6) is 0 Å². The Morgan fingerprint density at radius 2 is 1.87 bits per heavy atom. The van der Waals surface area contributed by atoms with Crippen LogP contribution in [0.3, 0.4) is 0 Å². The average Bonchev–Trinajstić information content (AvgIpc) is 3.67. The lowest BCUT2D eigenvalue weighted by Crippen LogP contribution is -2.57. The maximum absolute atomic E-state index is 11.5. The summed E-state index contributed by atoms with van der Waals surface area (Å²) in [6.45, 7) is 2.01. The highest BCUT2D eigenvalue weighted by Crippen LogP contribution is 2.50. The molecule has 194 valence electrons. The Labute approximate surface area is 222 Å². The Morgan fingerprint density at radius 3 is 2.63 bits per heavy atom. The molecule has 3 aromatic rings. The summed E-state index contributed by atoms with van der Waals surface area (Å²) < 4.78 is 6.49. The Bertz CT molecular complexity index is 1380. The number of rotatable bonds is 4. The number of nitrogens with zero attached hydrogens (tertiary/aromatic N) is 4. The van der Waals surface area contributed by atoms with Crippen LogP contribution < -0.4 is 20.9 Å². The second kappa shape index (κ2) is 9.17. The van der Waals surface area contributed by atoms with Gasteiger partial charge >= 0.3 is 0 Å². The van der Waals surface area contributed by atoms with E-state index in [1.54, 1.807) is 12.1 Å². The predicted molar refractivity (Wildman–Crippen MR) is 145 cm³/mol. The van der Waals surface area contributed by atoms with Crippen molar-refractivity contribution in [1.82, 2.24) is 10.3 Å². The van der Waals surface area contributed by atoms with Crippen molar-refractivity contribution >= 4 is 17.6 Å². The van der Waals surface area contributed by atoms with Crippen LogP contribution in [0.25, 0.3) is 11.3 Å². The fourth-order valence-corrected chi connectivity index (χ4v) is 7.62. The number of anilines is 2. The number of oxazole rings is 1. The molecule has 8 heteroatoms. The number of aromatic nitrogens is 1. The van der Waals surface area contributed by atoms with E-state index in [4.69, 9.17) is 15.1 Å². The van der Waals surface area contributed by atoms with Gasteiger partial charge in [-0.25, -0.2) is 4.98 Å². The lowest BCUT2D eigenvalue weighted by atomic mass is 9.87. The Kier molecular flexibility index (Phi) is 5.62. The molecule has 2 saturated carbocycles. The number of piperidine rings is 1. The molecule has 1 aromatic heterocycles. The van der Waals surface area contributed by atoms with Crippen molar-refractivity contribution in [2.24, 2.45) is 17.6 Å². The standard InChI is InChI=1S/C30H32N6O2/c31-14-18-5-11-22(12-6-18)35-17-21-13-26(35)23-15-33-24-3-1-2-4-25(24)36(28(21)23)30-34-16-27(38-30)19-7-9-20(10-8-19)29(32)37/h5-12,16,21,23-26,28,33H,1-4,13,15,17H2,(H2,32,37). The number of primary amides is 1. The summed E-state index contributed by atoms with van der Waals surface area (Å²) >= 11 is 0. The first kappa shape index (κ1) is 23.3. The third kappa shape index (κ3) is 3.76. The van der Waals surface area contributed by atoms with Crippen molar-refractivity contribution in [1.29, 1.82) is 5.26 Å². The van der Waals surface area contributed by atoms with Crippen LogP contribution in [-0.2, 0) is 0 Å². The van der Waals surface area contributed by atoms with E-state index in [0.717, 1.165) is 31.5 Å². The van der Waals surface area contributed by atoms with Crippen LogP contribution in [-0.4, -0.2) is 48.1 Å². The number of carbonyl (C=O) groups excluding carboxylic acids is 1. The number of amides is 1. The minimum atomic E-state index is -0.437. The summed E-state index contributed by atoms with van der Waals surface area (Å²) in [5, 5.41) is 13.2. The molecule has 2 aliphatic carbocycles. The smallest absolute Gasteiger partial charge is 0.298 e. The monoisotopic (exact) mass is 508 g/mol. The number of nitrogens with two attached hydrogens (primary N) is 1. The maximum atomic E-state index is 11.5. The maximum Gasteiger partial charge on any atom is 0.298 e. The normalized spacial score (nSPS) is 29.9. The predicted octanol–water partition coefficient (Wildman–Crippen LogP) is 3.93. The SMILES string of the molecule is N#Cc1ccc(N2CC3CC2C2CNC4CCCCC4N(c4ncc(-c5ccc(C(N)=O)cc5)o4)C32)cc1. The van der Waals surface area contributed by atoms with Gasteiger partial charge in [-0.3, -0.25) is 4.79 Å². The molecule has 2 aliphatic heterocycles. The van der Waals surface area contributed by atoms with E-state index >= 15 is 0 Å². The zero-order valence-corrected chi connectivity index (χ0v) is 21.3. The van der Waals surface area contributed by atoms with Gasteiger partial charge < -0.3 is 25.3 Å². The van der Waals surface area contributed by atoms with Gasteiger partial charge in [0.15, 0.2) is 5.76 Å². The molecule has 8 nitrogen and oxygen atoms in total. The lowest BCUT2D eigenvalue weighted by molar-refractivity contribution is 0.100. The minimum Gasteiger partial charge on any atom is -0.423 e. The number of nitrogens with one attached hydrogen (secondary N) is 1. The fourth-order valence-electron chi connectivity index (χ4n) is 7.62. The van der Waals surface area contributed by atoms with Gasteiger partial charge in [-0.15, -0.1) is 0 Å². The van der Waals surface area contributed by atoms with Gasteiger partial charge in [0, 0.05) is 60.0 Å². The lowest BCUT2D eigenvalue weighted by Gasteiger charge is -2.46. The first-order valence-corrected chi connectivity index (χ1v) is 13.8. The Morgan fingerprint density at radius 1 is 1.08 bits per heavy atom. The van der Waals surface area contributed by atoms with Gasteiger partial charge in [-0.1, -0.05) is 25.0 Å². The van der Waals surface area contributed by atoms with Crippen LogP contribution in [0.15, 0.2) is 59.1 Å². The molecule has 1 amide bonds. The Balaban J connectivity index is 1.21. The van der Waals surface area contributed by atoms with Gasteiger partial charge in [0.05, 0.1) is 17.8 Å². The quantitative estimate of drug-likeness (QED) is 0.549. The van der Waals surface area contributed by atoms with E-state index in [2.05, 4.69) is 33.3 Å². The molecule has 2 aromatic carbocycles. The fraction of sp³-hybridized carbons (Fsp3) is 0.433. The van der Waals surface area contributed by atoms with E-state index in [1.807, 2.05) is 30.5 Å². The van der Waals surface area contributed by atoms with E-state index in [-0.39, 0.29) is 0 Å². The van der Waals surface area contributed by atoms with Crippen molar-refractivity contribution in [2.45, 2.75) is 56.3 Å². The molecular weight excluding hydrogens is 476 g/mol. The highest BCUT2D eigenvalue weighted by atomic mass is 16.4. The molecule has 6 unspecified atom stereocenters. The molecule has 0 radical (unpaired) electrons. The van der Waals surface area contributed by atoms with Crippen LogP contribution >= 0.6 is 0 Å². The van der Waals surface area contributed by atoms with E-state index < -0.39 is 5.91 Å². The number of hydrogen-bond acceptors (Lipinski definition) is 7. The van der Waals surface area contributed by atoms with Gasteiger partial charge in [0.2, 0.25) is 5.91 Å². The molecule has 3 N–H and O–H groups in total. The van der Waals surface area contributed by atoms with Crippen molar-refractivity contribution in [3.8, 4) is 17.4 Å². The van der Waals surface area contributed by atoms with E-state index in [9.17, 15) is 10.1 Å². The van der Waals surface area contributed by atoms with Crippen molar-refractivity contribution < 1.29 is 9.21 Å². The van der Waals surface area contributed by atoms with Crippen LogP contribution in [0.4, 0.5) is 11.7 Å². The molecule has 3 heterocycles. The number of hydrogen-bond donors (Lipinski definition) is 2. The van der Waals surface area contributed by atoms with Gasteiger partial charge in [-0.05, 0) is 61.6 Å². The Hall–Kier alpha value is -3.83. The van der Waals surface area contributed by atoms with E-state index in [0.29, 0.717) is 58.9 Å². The topological polar surface area (TPSA) is 111 Å². The first-order valence-electron chi connectivity index (χ1n) is 13.8. The number of benzene rings is 2. The highest BCUT2D eigenvalue weighted by molar-refractivity contribution is 5.93. The molecule has 2 bridgehead atoms. The van der Waals surface area contributed by atoms with Gasteiger partial charge in [-0.2, -0.15) is 5.26 Å². The average molecular weight is 509 g/mol. The van der Waals surface area contributed by atoms with Gasteiger partial charge in [0.1, 0.15) is 0 Å². The summed E-state index contributed by atoms with van der Waals surface area (Å²) in [6.07, 6.45) is 7.78. The third-order valence-electron chi connectivity index (χ3n) is 9.31.